The van der Waals surface area contributed by atoms with Gasteiger partial charge in [-0.25, -0.2) is 0 Å². The van der Waals surface area contributed by atoms with Gasteiger partial charge >= 0.3 is 6.18 Å². The molecule has 1 nitrogen and oxygen atoms in total. The van der Waals surface area contributed by atoms with Crippen molar-refractivity contribution in [3.8, 4) is 0 Å². The summed E-state index contributed by atoms with van der Waals surface area (Å²) in [4.78, 5) is 0. The average Bonchev–Trinajstić information content (AvgIpc) is 2.40. The lowest BCUT2D eigenvalue weighted by atomic mass is 9.91. The number of hydrogen-bond acceptors (Lipinski definition) is 1. The number of rotatable bonds is 2. The van der Waals surface area contributed by atoms with Gasteiger partial charge < -0.3 is 5.73 Å². The van der Waals surface area contributed by atoms with Crippen LogP contribution in [0.3, 0.4) is 0 Å². The van der Waals surface area contributed by atoms with Gasteiger partial charge in [0.25, 0.3) is 0 Å². The van der Waals surface area contributed by atoms with E-state index >= 15 is 0 Å². The van der Waals surface area contributed by atoms with E-state index in [2.05, 4.69) is 0 Å². The van der Waals surface area contributed by atoms with Gasteiger partial charge in [0.1, 0.15) is 0 Å². The second kappa shape index (κ2) is 5.29. The first-order chi connectivity index (χ1) is 9.30. The van der Waals surface area contributed by atoms with Crippen molar-refractivity contribution in [3.63, 3.8) is 0 Å². The van der Waals surface area contributed by atoms with E-state index in [1.54, 1.807) is 6.07 Å². The highest BCUT2D eigenvalue weighted by Crippen LogP contribution is 2.36. The Labute approximate surface area is 116 Å². The Morgan fingerprint density at radius 1 is 0.950 bits per heavy atom. The average molecular weight is 279 g/mol. The fraction of sp³-hybridized carbons (Fsp3) is 0.250. The van der Waals surface area contributed by atoms with Crippen LogP contribution in [0.2, 0.25) is 0 Å². The van der Waals surface area contributed by atoms with Gasteiger partial charge in [0.2, 0.25) is 0 Å². The Morgan fingerprint density at radius 3 is 2.25 bits per heavy atom. The van der Waals surface area contributed by atoms with Gasteiger partial charge in [0.05, 0.1) is 11.6 Å². The quantitative estimate of drug-likeness (QED) is 0.868. The molecule has 106 valence electrons. The number of aryl methyl sites for hydroxylation is 2. The van der Waals surface area contributed by atoms with Crippen LogP contribution < -0.4 is 5.73 Å². The molecule has 1 unspecified atom stereocenters. The summed E-state index contributed by atoms with van der Waals surface area (Å²) in [5.41, 5.74) is 8.11. The van der Waals surface area contributed by atoms with Crippen LogP contribution >= 0.6 is 0 Å². The lowest BCUT2D eigenvalue weighted by molar-refractivity contribution is -0.138. The van der Waals surface area contributed by atoms with Crippen molar-refractivity contribution in [1.29, 1.82) is 0 Å². The molecule has 2 rings (SSSR count). The maximum Gasteiger partial charge on any atom is 0.416 e. The summed E-state index contributed by atoms with van der Waals surface area (Å²) in [5, 5.41) is 0. The van der Waals surface area contributed by atoms with Gasteiger partial charge in [-0.2, -0.15) is 13.2 Å². The SMILES string of the molecule is Cc1ccc(C)c(C(N)c2ccccc2C(F)(F)F)c1. The number of nitrogens with two attached hydrogens (primary N) is 1. The predicted octanol–water partition coefficient (Wildman–Crippen LogP) is 4.37. The molecule has 0 amide bonds. The lowest BCUT2D eigenvalue weighted by Crippen LogP contribution is -2.19. The van der Waals surface area contributed by atoms with Gasteiger partial charge in [-0.1, -0.05) is 42.0 Å². The zero-order chi connectivity index (χ0) is 14.9. The fourth-order valence-corrected chi connectivity index (χ4v) is 2.29. The normalized spacial score (nSPS) is 13.3. The zero-order valence-corrected chi connectivity index (χ0v) is 11.3. The van der Waals surface area contributed by atoms with Crippen LogP contribution in [0.5, 0.6) is 0 Å². The van der Waals surface area contributed by atoms with Crippen molar-refractivity contribution in [1.82, 2.24) is 0 Å². The highest BCUT2D eigenvalue weighted by atomic mass is 19.4. The third-order valence-corrected chi connectivity index (χ3v) is 3.37. The Kier molecular flexibility index (Phi) is 3.86. The van der Waals surface area contributed by atoms with Crippen molar-refractivity contribution >= 4 is 0 Å². The minimum Gasteiger partial charge on any atom is -0.320 e. The molecule has 0 heterocycles. The summed E-state index contributed by atoms with van der Waals surface area (Å²) in [6.45, 7) is 3.75. The van der Waals surface area contributed by atoms with Gasteiger partial charge in [-0.15, -0.1) is 0 Å². The van der Waals surface area contributed by atoms with E-state index in [1.807, 2.05) is 32.0 Å². The molecular weight excluding hydrogens is 263 g/mol. The summed E-state index contributed by atoms with van der Waals surface area (Å²) in [6.07, 6.45) is -4.40. The number of benzene rings is 2. The predicted molar refractivity (Wildman–Crippen MR) is 73.4 cm³/mol. The second-order valence-corrected chi connectivity index (χ2v) is 4.92. The Hall–Kier alpha value is -1.81. The van der Waals surface area contributed by atoms with E-state index in [9.17, 15) is 13.2 Å². The van der Waals surface area contributed by atoms with E-state index < -0.39 is 17.8 Å². The molecule has 0 aliphatic rings. The molecule has 0 aliphatic carbocycles. The third kappa shape index (κ3) is 2.85. The van der Waals surface area contributed by atoms with Crippen LogP contribution in [0, 0.1) is 13.8 Å². The molecule has 0 aliphatic heterocycles. The monoisotopic (exact) mass is 279 g/mol. The third-order valence-electron chi connectivity index (χ3n) is 3.37. The standard InChI is InChI=1S/C16H16F3N/c1-10-7-8-11(2)13(9-10)15(20)12-5-3-4-6-14(12)16(17,18)19/h3-9,15H,20H2,1-2H3. The maximum absolute atomic E-state index is 13.0. The highest BCUT2D eigenvalue weighted by Gasteiger charge is 2.34. The Morgan fingerprint density at radius 2 is 1.60 bits per heavy atom. The summed E-state index contributed by atoms with van der Waals surface area (Å²) >= 11 is 0. The minimum atomic E-state index is -4.40. The summed E-state index contributed by atoms with van der Waals surface area (Å²) < 4.78 is 39.1. The van der Waals surface area contributed by atoms with Crippen molar-refractivity contribution in [2.24, 2.45) is 5.73 Å². The zero-order valence-electron chi connectivity index (χ0n) is 11.3. The molecule has 2 N–H and O–H groups in total. The summed E-state index contributed by atoms with van der Waals surface area (Å²) in [6, 6.07) is 10.3. The molecule has 0 aromatic heterocycles. The molecule has 0 radical (unpaired) electrons. The smallest absolute Gasteiger partial charge is 0.320 e. The fourth-order valence-electron chi connectivity index (χ4n) is 2.29. The minimum absolute atomic E-state index is 0.105. The van der Waals surface area contributed by atoms with Gasteiger partial charge in [-0.05, 0) is 36.6 Å². The number of alkyl halides is 3. The topological polar surface area (TPSA) is 26.0 Å². The summed E-state index contributed by atoms with van der Waals surface area (Å²) in [7, 11) is 0. The number of hydrogen-bond donors (Lipinski definition) is 1. The molecule has 2 aromatic carbocycles. The van der Waals surface area contributed by atoms with Crippen LogP contribution in [0.15, 0.2) is 42.5 Å². The van der Waals surface area contributed by atoms with E-state index in [0.717, 1.165) is 22.8 Å². The molecule has 0 bridgehead atoms. The van der Waals surface area contributed by atoms with Crippen LogP contribution in [-0.4, -0.2) is 0 Å². The molecule has 20 heavy (non-hydrogen) atoms. The van der Waals surface area contributed by atoms with Crippen molar-refractivity contribution in [3.05, 3.63) is 70.3 Å². The van der Waals surface area contributed by atoms with E-state index in [1.165, 1.54) is 12.1 Å². The molecular formula is C16H16F3N. The largest absolute Gasteiger partial charge is 0.416 e. The van der Waals surface area contributed by atoms with Crippen LogP contribution in [0.25, 0.3) is 0 Å². The van der Waals surface area contributed by atoms with Crippen LogP contribution in [0.4, 0.5) is 13.2 Å². The first-order valence-electron chi connectivity index (χ1n) is 6.29. The van der Waals surface area contributed by atoms with Gasteiger partial charge in [0.15, 0.2) is 0 Å². The van der Waals surface area contributed by atoms with Crippen molar-refractivity contribution < 1.29 is 13.2 Å². The van der Waals surface area contributed by atoms with Gasteiger partial charge in [-0.3, -0.25) is 0 Å². The first-order valence-corrected chi connectivity index (χ1v) is 6.29. The van der Waals surface area contributed by atoms with E-state index in [-0.39, 0.29) is 5.56 Å². The molecule has 1 atom stereocenters. The molecule has 0 fully saturated rings. The van der Waals surface area contributed by atoms with Crippen LogP contribution in [-0.2, 0) is 6.18 Å². The summed E-state index contributed by atoms with van der Waals surface area (Å²) in [5.74, 6) is 0. The Bertz CT molecular complexity index is 617. The highest BCUT2D eigenvalue weighted by molar-refractivity contribution is 5.42. The molecule has 0 saturated carbocycles. The van der Waals surface area contributed by atoms with Gasteiger partial charge in [0, 0.05) is 0 Å². The lowest BCUT2D eigenvalue weighted by Gasteiger charge is -2.20. The maximum atomic E-state index is 13.0. The second-order valence-electron chi connectivity index (χ2n) is 4.92. The molecule has 0 saturated heterocycles. The molecule has 2 aromatic rings. The van der Waals surface area contributed by atoms with Crippen molar-refractivity contribution in [2.75, 3.05) is 0 Å². The Balaban J connectivity index is 2.54. The van der Waals surface area contributed by atoms with E-state index in [0.29, 0.717) is 0 Å². The van der Waals surface area contributed by atoms with E-state index in [4.69, 9.17) is 5.73 Å². The molecule has 0 spiro atoms. The first kappa shape index (κ1) is 14.6. The van der Waals surface area contributed by atoms with Crippen molar-refractivity contribution in [2.45, 2.75) is 26.1 Å². The number of halogens is 3. The van der Waals surface area contributed by atoms with Crippen LogP contribution in [0.1, 0.15) is 33.9 Å². The molecule has 4 heteroatoms.